The zero-order chi connectivity index (χ0) is 24.8. The van der Waals surface area contributed by atoms with Crippen molar-refractivity contribution in [3.8, 4) is 11.5 Å². The molecule has 1 N–H and O–H groups in total. The number of amides is 2. The van der Waals surface area contributed by atoms with Gasteiger partial charge >= 0.3 is 0 Å². The average molecular weight is 479 g/mol. The molecule has 0 bridgehead atoms. The van der Waals surface area contributed by atoms with Gasteiger partial charge in [0, 0.05) is 43.0 Å². The maximum atomic E-state index is 13.2. The first-order chi connectivity index (χ1) is 16.9. The van der Waals surface area contributed by atoms with Gasteiger partial charge in [0.1, 0.15) is 0 Å². The summed E-state index contributed by atoms with van der Waals surface area (Å²) >= 11 is 0. The van der Waals surface area contributed by atoms with Crippen LogP contribution in [-0.4, -0.2) is 55.3 Å². The second-order valence-electron chi connectivity index (χ2n) is 9.60. The summed E-state index contributed by atoms with van der Waals surface area (Å²) in [6.45, 7) is 1.13. The fraction of sp³-hybridized carbons (Fsp3) is 0.464. The highest BCUT2D eigenvalue weighted by Crippen LogP contribution is 2.34. The molecule has 0 spiro atoms. The van der Waals surface area contributed by atoms with E-state index in [1.807, 2.05) is 53.4 Å². The van der Waals surface area contributed by atoms with Gasteiger partial charge in [0.15, 0.2) is 17.3 Å². The van der Waals surface area contributed by atoms with Crippen molar-refractivity contribution in [2.24, 2.45) is 5.92 Å². The van der Waals surface area contributed by atoms with Crippen molar-refractivity contribution in [1.82, 2.24) is 10.2 Å². The normalized spacial score (nSPS) is 21.9. The van der Waals surface area contributed by atoms with E-state index < -0.39 is 5.54 Å². The first kappa shape index (κ1) is 24.8. The van der Waals surface area contributed by atoms with E-state index in [1.165, 1.54) is 0 Å². The SMILES string of the molecule is COc1ccc(CC2(CCC(=O)N3CCCC(C(=O)c4ccccc4)C3)CCC(=O)N2)cc1OC. The summed E-state index contributed by atoms with van der Waals surface area (Å²) < 4.78 is 10.8. The lowest BCUT2D eigenvalue weighted by molar-refractivity contribution is -0.133. The van der Waals surface area contributed by atoms with Crippen LogP contribution in [0.2, 0.25) is 0 Å². The first-order valence-electron chi connectivity index (χ1n) is 12.3. The molecular formula is C28H34N2O5. The molecule has 35 heavy (non-hydrogen) atoms. The number of carbonyl (C=O) groups excluding carboxylic acids is 3. The number of nitrogens with one attached hydrogen (secondary N) is 1. The predicted molar refractivity (Wildman–Crippen MR) is 133 cm³/mol. The van der Waals surface area contributed by atoms with Gasteiger partial charge in [-0.3, -0.25) is 14.4 Å². The molecule has 2 unspecified atom stereocenters. The molecule has 0 saturated carbocycles. The fourth-order valence-electron chi connectivity index (χ4n) is 5.32. The average Bonchev–Trinajstić information content (AvgIpc) is 3.27. The van der Waals surface area contributed by atoms with E-state index in [2.05, 4.69) is 5.32 Å². The standard InChI is InChI=1S/C28H34N2O5/c1-34-23-11-10-20(17-24(23)35-2)18-28(14-12-25(31)29-28)15-13-26(32)30-16-6-9-22(19-30)27(33)21-7-4-3-5-8-21/h3-5,7-8,10-11,17,22H,6,9,12-16,18-19H2,1-2H3,(H,29,31). The molecule has 2 aliphatic rings. The Morgan fingerprint density at radius 3 is 2.54 bits per heavy atom. The number of methoxy groups -OCH3 is 2. The van der Waals surface area contributed by atoms with Crippen molar-refractivity contribution in [3.05, 3.63) is 59.7 Å². The van der Waals surface area contributed by atoms with Crippen LogP contribution in [0.25, 0.3) is 0 Å². The predicted octanol–water partition coefficient (Wildman–Crippen LogP) is 3.80. The summed E-state index contributed by atoms with van der Waals surface area (Å²) in [4.78, 5) is 40.1. The molecule has 2 heterocycles. The molecule has 2 amide bonds. The number of benzene rings is 2. The van der Waals surface area contributed by atoms with E-state index in [4.69, 9.17) is 9.47 Å². The first-order valence-corrected chi connectivity index (χ1v) is 12.3. The smallest absolute Gasteiger partial charge is 0.222 e. The van der Waals surface area contributed by atoms with Gasteiger partial charge in [-0.05, 0) is 49.8 Å². The van der Waals surface area contributed by atoms with Crippen LogP contribution >= 0.6 is 0 Å². The van der Waals surface area contributed by atoms with Crippen molar-refractivity contribution in [3.63, 3.8) is 0 Å². The quantitative estimate of drug-likeness (QED) is 0.554. The number of carbonyl (C=O) groups is 3. The summed E-state index contributed by atoms with van der Waals surface area (Å²) in [5.41, 5.74) is 1.25. The Morgan fingerprint density at radius 2 is 1.86 bits per heavy atom. The van der Waals surface area contributed by atoms with Crippen LogP contribution in [0.4, 0.5) is 0 Å². The minimum absolute atomic E-state index is 0.0180. The largest absolute Gasteiger partial charge is 0.493 e. The highest BCUT2D eigenvalue weighted by Gasteiger charge is 2.39. The van der Waals surface area contributed by atoms with Gasteiger partial charge in [0.25, 0.3) is 0 Å². The zero-order valence-electron chi connectivity index (χ0n) is 20.5. The molecular weight excluding hydrogens is 444 g/mol. The number of hydrogen-bond acceptors (Lipinski definition) is 5. The molecule has 2 saturated heterocycles. The van der Waals surface area contributed by atoms with Crippen LogP contribution in [0.3, 0.4) is 0 Å². The lowest BCUT2D eigenvalue weighted by Gasteiger charge is -2.34. The summed E-state index contributed by atoms with van der Waals surface area (Å²) in [5, 5.41) is 3.15. The fourth-order valence-corrected chi connectivity index (χ4v) is 5.32. The van der Waals surface area contributed by atoms with E-state index in [0.717, 1.165) is 18.4 Å². The molecule has 4 rings (SSSR count). The Kier molecular flexibility index (Phi) is 7.73. The van der Waals surface area contributed by atoms with Crippen molar-refractivity contribution in [2.45, 2.75) is 50.5 Å². The monoisotopic (exact) mass is 478 g/mol. The second-order valence-corrected chi connectivity index (χ2v) is 9.60. The zero-order valence-corrected chi connectivity index (χ0v) is 20.5. The van der Waals surface area contributed by atoms with E-state index in [-0.39, 0.29) is 23.5 Å². The van der Waals surface area contributed by atoms with Crippen molar-refractivity contribution < 1.29 is 23.9 Å². The van der Waals surface area contributed by atoms with Gasteiger partial charge in [0.2, 0.25) is 11.8 Å². The van der Waals surface area contributed by atoms with Crippen molar-refractivity contribution in [1.29, 1.82) is 0 Å². The molecule has 2 fully saturated rings. The lowest BCUT2D eigenvalue weighted by Crippen LogP contribution is -2.46. The van der Waals surface area contributed by atoms with Crippen molar-refractivity contribution in [2.75, 3.05) is 27.3 Å². The van der Waals surface area contributed by atoms with Gasteiger partial charge in [-0.2, -0.15) is 0 Å². The number of nitrogens with zero attached hydrogens (tertiary/aromatic N) is 1. The highest BCUT2D eigenvalue weighted by atomic mass is 16.5. The summed E-state index contributed by atoms with van der Waals surface area (Å²) in [7, 11) is 3.20. The van der Waals surface area contributed by atoms with Gasteiger partial charge in [-0.1, -0.05) is 36.4 Å². The lowest BCUT2D eigenvalue weighted by atomic mass is 9.84. The van der Waals surface area contributed by atoms with Crippen molar-refractivity contribution >= 4 is 17.6 Å². The molecule has 0 aliphatic carbocycles. The van der Waals surface area contributed by atoms with Crippen LogP contribution in [0, 0.1) is 5.92 Å². The Morgan fingerprint density at radius 1 is 1.09 bits per heavy atom. The van der Waals surface area contributed by atoms with Crippen LogP contribution in [0.1, 0.15) is 54.4 Å². The van der Waals surface area contributed by atoms with E-state index >= 15 is 0 Å². The summed E-state index contributed by atoms with van der Waals surface area (Å²) in [6, 6.07) is 15.1. The minimum atomic E-state index is -0.471. The van der Waals surface area contributed by atoms with E-state index in [1.54, 1.807) is 14.2 Å². The number of Topliss-reactive ketones (excluding diaryl/α,β-unsaturated/α-hetero) is 1. The molecule has 7 nitrogen and oxygen atoms in total. The maximum Gasteiger partial charge on any atom is 0.222 e. The number of ketones is 1. The summed E-state index contributed by atoms with van der Waals surface area (Å²) in [6.07, 6.45) is 4.27. The van der Waals surface area contributed by atoms with Gasteiger partial charge < -0.3 is 19.7 Å². The van der Waals surface area contributed by atoms with Gasteiger partial charge in [0.05, 0.1) is 14.2 Å². The number of hydrogen-bond donors (Lipinski definition) is 1. The molecule has 186 valence electrons. The number of rotatable bonds is 9. The van der Waals surface area contributed by atoms with Gasteiger partial charge in [-0.15, -0.1) is 0 Å². The molecule has 2 aliphatic heterocycles. The Labute approximate surface area is 206 Å². The van der Waals surface area contributed by atoms with Crippen LogP contribution in [-0.2, 0) is 16.0 Å². The van der Waals surface area contributed by atoms with Crippen LogP contribution in [0.15, 0.2) is 48.5 Å². The number of ether oxygens (including phenoxy) is 2. The Balaban J connectivity index is 1.40. The topological polar surface area (TPSA) is 84.9 Å². The molecule has 2 atom stereocenters. The third-order valence-corrected chi connectivity index (χ3v) is 7.25. The molecule has 7 heteroatoms. The molecule has 2 aromatic carbocycles. The maximum absolute atomic E-state index is 13.2. The third kappa shape index (κ3) is 5.84. The van der Waals surface area contributed by atoms with E-state index in [0.29, 0.717) is 62.3 Å². The molecule has 2 aromatic rings. The second kappa shape index (κ2) is 10.9. The Bertz CT molecular complexity index is 1070. The van der Waals surface area contributed by atoms with Gasteiger partial charge in [-0.25, -0.2) is 0 Å². The summed E-state index contributed by atoms with van der Waals surface area (Å²) in [5.74, 6) is 1.30. The number of piperidine rings is 1. The minimum Gasteiger partial charge on any atom is -0.493 e. The highest BCUT2D eigenvalue weighted by molar-refractivity contribution is 5.98. The molecule has 0 radical (unpaired) electrons. The number of likely N-dealkylation sites (tertiary alicyclic amines) is 1. The third-order valence-electron chi connectivity index (χ3n) is 7.25. The Hall–Kier alpha value is -3.35. The molecule has 0 aromatic heterocycles. The van der Waals surface area contributed by atoms with E-state index in [9.17, 15) is 14.4 Å². The van der Waals surface area contributed by atoms with Crippen LogP contribution in [0.5, 0.6) is 11.5 Å². The van der Waals surface area contributed by atoms with Crippen LogP contribution < -0.4 is 14.8 Å².